The minimum atomic E-state index is -0.250. The highest BCUT2D eigenvalue weighted by Gasteiger charge is 2.25. The van der Waals surface area contributed by atoms with E-state index in [4.69, 9.17) is 9.47 Å². The maximum atomic E-state index is 11.5. The zero-order valence-corrected chi connectivity index (χ0v) is 11.8. The van der Waals surface area contributed by atoms with Crippen molar-refractivity contribution in [3.8, 4) is 0 Å². The summed E-state index contributed by atoms with van der Waals surface area (Å²) in [6, 6.07) is -0.250. The third kappa shape index (κ3) is 4.92. The first kappa shape index (κ1) is 15.4. The molecule has 5 heteroatoms. The second-order valence-corrected chi connectivity index (χ2v) is 4.76. The quantitative estimate of drug-likeness (QED) is 0.679. The van der Waals surface area contributed by atoms with E-state index in [0.717, 1.165) is 39.0 Å². The van der Waals surface area contributed by atoms with Crippen LogP contribution < -0.4 is 5.32 Å². The van der Waals surface area contributed by atoms with E-state index in [1.54, 1.807) is 7.05 Å². The van der Waals surface area contributed by atoms with Crippen molar-refractivity contribution in [3.63, 3.8) is 0 Å². The standard InChI is InChI=1S/C13H26N2O3/c1-4-8-18-11-6-5-7-15(9-11)10-12(14-2)13(16)17-3/h11-12,14H,4-10H2,1-3H3. The summed E-state index contributed by atoms with van der Waals surface area (Å²) in [6.45, 7) is 5.57. The molecule has 5 nitrogen and oxygen atoms in total. The fourth-order valence-electron chi connectivity index (χ4n) is 2.28. The summed E-state index contributed by atoms with van der Waals surface area (Å²) in [5.74, 6) is -0.200. The summed E-state index contributed by atoms with van der Waals surface area (Å²) < 4.78 is 10.6. The van der Waals surface area contributed by atoms with E-state index in [1.807, 2.05) is 0 Å². The van der Waals surface area contributed by atoms with Crippen LogP contribution in [0.4, 0.5) is 0 Å². The molecule has 1 aliphatic rings. The molecule has 106 valence electrons. The van der Waals surface area contributed by atoms with Gasteiger partial charge < -0.3 is 14.8 Å². The Hall–Kier alpha value is -0.650. The van der Waals surface area contributed by atoms with E-state index in [2.05, 4.69) is 17.1 Å². The highest BCUT2D eigenvalue weighted by Crippen LogP contribution is 2.14. The van der Waals surface area contributed by atoms with Crippen molar-refractivity contribution in [2.45, 2.75) is 38.3 Å². The SMILES string of the molecule is CCCOC1CCCN(CC(NC)C(=O)OC)C1. The average Bonchev–Trinajstić information content (AvgIpc) is 2.42. The Labute approximate surface area is 110 Å². The van der Waals surface area contributed by atoms with Gasteiger partial charge in [-0.2, -0.15) is 0 Å². The molecule has 0 aromatic rings. The summed E-state index contributed by atoms with van der Waals surface area (Å²) in [7, 11) is 3.21. The lowest BCUT2D eigenvalue weighted by atomic mass is 10.1. The van der Waals surface area contributed by atoms with Gasteiger partial charge in [0, 0.05) is 19.7 Å². The van der Waals surface area contributed by atoms with Gasteiger partial charge in [-0.3, -0.25) is 9.69 Å². The Morgan fingerprint density at radius 1 is 1.56 bits per heavy atom. The van der Waals surface area contributed by atoms with Crippen LogP contribution in [0.25, 0.3) is 0 Å². The molecule has 18 heavy (non-hydrogen) atoms. The number of esters is 1. The molecule has 1 aliphatic heterocycles. The first-order valence-electron chi connectivity index (χ1n) is 6.80. The number of carbonyl (C=O) groups is 1. The van der Waals surface area contributed by atoms with Gasteiger partial charge in [-0.1, -0.05) is 6.92 Å². The number of piperidine rings is 1. The third-order valence-electron chi connectivity index (χ3n) is 3.29. The Bertz CT molecular complexity index is 248. The first-order valence-corrected chi connectivity index (χ1v) is 6.80. The van der Waals surface area contributed by atoms with E-state index in [9.17, 15) is 4.79 Å². The van der Waals surface area contributed by atoms with Gasteiger partial charge in [0.25, 0.3) is 0 Å². The molecular weight excluding hydrogens is 232 g/mol. The highest BCUT2D eigenvalue weighted by atomic mass is 16.5. The van der Waals surface area contributed by atoms with Crippen molar-refractivity contribution < 1.29 is 14.3 Å². The zero-order chi connectivity index (χ0) is 13.4. The minimum absolute atomic E-state index is 0.200. The highest BCUT2D eigenvalue weighted by molar-refractivity contribution is 5.75. The number of nitrogens with one attached hydrogen (secondary N) is 1. The van der Waals surface area contributed by atoms with Gasteiger partial charge in [-0.15, -0.1) is 0 Å². The Kier molecular flexibility index (Phi) is 7.23. The van der Waals surface area contributed by atoms with Gasteiger partial charge in [0.15, 0.2) is 0 Å². The molecule has 1 heterocycles. The summed E-state index contributed by atoms with van der Waals surface area (Å²) in [6.07, 6.45) is 3.62. The molecule has 2 unspecified atom stereocenters. The van der Waals surface area contributed by atoms with Gasteiger partial charge in [0.05, 0.1) is 13.2 Å². The Morgan fingerprint density at radius 2 is 2.33 bits per heavy atom. The number of methoxy groups -OCH3 is 1. The van der Waals surface area contributed by atoms with Crippen LogP contribution in [0.1, 0.15) is 26.2 Å². The number of nitrogens with zero attached hydrogens (tertiary/aromatic N) is 1. The number of hydrogen-bond donors (Lipinski definition) is 1. The molecule has 2 atom stereocenters. The summed E-state index contributed by atoms with van der Waals surface area (Å²) in [5, 5.41) is 3.00. The molecule has 0 aromatic carbocycles. The number of carbonyl (C=O) groups excluding carboxylic acids is 1. The van der Waals surface area contributed by atoms with Crippen LogP contribution in [0.3, 0.4) is 0 Å². The van der Waals surface area contributed by atoms with Crippen molar-refractivity contribution in [3.05, 3.63) is 0 Å². The lowest BCUT2D eigenvalue weighted by molar-refractivity contribution is -0.143. The lowest BCUT2D eigenvalue weighted by Crippen LogP contribution is -2.49. The van der Waals surface area contributed by atoms with Crippen molar-refractivity contribution in [1.82, 2.24) is 10.2 Å². The summed E-state index contributed by atoms with van der Waals surface area (Å²) >= 11 is 0. The fourth-order valence-corrected chi connectivity index (χ4v) is 2.28. The monoisotopic (exact) mass is 258 g/mol. The molecular formula is C13H26N2O3. The van der Waals surface area contributed by atoms with Crippen LogP contribution in [0, 0.1) is 0 Å². The minimum Gasteiger partial charge on any atom is -0.468 e. The first-order chi connectivity index (χ1) is 8.71. The molecule has 0 bridgehead atoms. The molecule has 0 radical (unpaired) electrons. The predicted molar refractivity (Wildman–Crippen MR) is 70.6 cm³/mol. The molecule has 0 spiro atoms. The van der Waals surface area contributed by atoms with E-state index in [-0.39, 0.29) is 12.0 Å². The molecule has 1 rings (SSSR count). The molecule has 0 saturated carbocycles. The van der Waals surface area contributed by atoms with Crippen molar-refractivity contribution in [1.29, 1.82) is 0 Å². The second-order valence-electron chi connectivity index (χ2n) is 4.76. The molecule has 0 aliphatic carbocycles. The largest absolute Gasteiger partial charge is 0.468 e. The van der Waals surface area contributed by atoms with E-state index >= 15 is 0 Å². The van der Waals surface area contributed by atoms with Crippen LogP contribution in [-0.4, -0.2) is 63.4 Å². The summed E-state index contributed by atoms with van der Waals surface area (Å²) in [4.78, 5) is 13.8. The van der Waals surface area contributed by atoms with Crippen LogP contribution >= 0.6 is 0 Å². The van der Waals surface area contributed by atoms with E-state index in [1.165, 1.54) is 7.11 Å². The topological polar surface area (TPSA) is 50.8 Å². The van der Waals surface area contributed by atoms with Crippen LogP contribution in [0.2, 0.25) is 0 Å². The van der Waals surface area contributed by atoms with Crippen molar-refractivity contribution in [2.24, 2.45) is 0 Å². The maximum absolute atomic E-state index is 11.5. The third-order valence-corrected chi connectivity index (χ3v) is 3.29. The van der Waals surface area contributed by atoms with E-state index in [0.29, 0.717) is 12.6 Å². The smallest absolute Gasteiger partial charge is 0.324 e. The number of ether oxygens (including phenoxy) is 2. The normalized spacial score (nSPS) is 22.7. The number of rotatable bonds is 7. The maximum Gasteiger partial charge on any atom is 0.324 e. The fraction of sp³-hybridized carbons (Fsp3) is 0.923. The van der Waals surface area contributed by atoms with Gasteiger partial charge in [0.1, 0.15) is 6.04 Å². The van der Waals surface area contributed by atoms with Crippen molar-refractivity contribution in [2.75, 3.05) is 40.4 Å². The summed E-state index contributed by atoms with van der Waals surface area (Å²) in [5.41, 5.74) is 0. The molecule has 0 amide bonds. The Morgan fingerprint density at radius 3 is 2.94 bits per heavy atom. The molecule has 1 fully saturated rings. The number of likely N-dealkylation sites (N-methyl/N-ethyl adjacent to an activating group) is 1. The zero-order valence-electron chi connectivity index (χ0n) is 11.8. The molecule has 0 aromatic heterocycles. The van der Waals surface area contributed by atoms with Crippen LogP contribution in [-0.2, 0) is 14.3 Å². The van der Waals surface area contributed by atoms with Crippen LogP contribution in [0.5, 0.6) is 0 Å². The molecule has 1 saturated heterocycles. The lowest BCUT2D eigenvalue weighted by Gasteiger charge is -2.34. The Balaban J connectivity index is 2.38. The van der Waals surface area contributed by atoms with Gasteiger partial charge in [-0.05, 0) is 32.9 Å². The van der Waals surface area contributed by atoms with Crippen LogP contribution in [0.15, 0.2) is 0 Å². The molecule has 1 N–H and O–H groups in total. The predicted octanol–water partition coefficient (Wildman–Crippen LogP) is 0.638. The van der Waals surface area contributed by atoms with Gasteiger partial charge in [-0.25, -0.2) is 0 Å². The van der Waals surface area contributed by atoms with Gasteiger partial charge >= 0.3 is 5.97 Å². The van der Waals surface area contributed by atoms with Crippen molar-refractivity contribution >= 4 is 5.97 Å². The second kappa shape index (κ2) is 8.45. The van der Waals surface area contributed by atoms with Gasteiger partial charge in [0.2, 0.25) is 0 Å². The number of likely N-dealkylation sites (tertiary alicyclic amines) is 1. The van der Waals surface area contributed by atoms with E-state index < -0.39 is 0 Å². The average molecular weight is 258 g/mol. The number of hydrogen-bond acceptors (Lipinski definition) is 5.